The largest absolute Gasteiger partial charge is 0.464 e. The van der Waals surface area contributed by atoms with Crippen LogP contribution in [0.5, 0.6) is 0 Å². The quantitative estimate of drug-likeness (QED) is 0.0952. The Morgan fingerprint density at radius 2 is 1.24 bits per heavy atom. The predicted molar refractivity (Wildman–Crippen MR) is 143 cm³/mol. The van der Waals surface area contributed by atoms with Gasteiger partial charge in [-0.15, -0.1) is 0 Å². The summed E-state index contributed by atoms with van der Waals surface area (Å²) in [5.74, 6) is -2.93. The Morgan fingerprint density at radius 3 is 1.68 bits per heavy atom. The molecular weight excluding hydrogens is 498 g/mol. The van der Waals surface area contributed by atoms with Crippen molar-refractivity contribution in [1.29, 1.82) is 0 Å². The molecule has 0 aromatic heterocycles. The maximum absolute atomic E-state index is 13.2. The molecule has 0 aliphatic rings. The third kappa shape index (κ3) is 15.3. The van der Waals surface area contributed by atoms with Crippen LogP contribution in [0.25, 0.3) is 0 Å². The lowest BCUT2D eigenvalue weighted by atomic mass is 10.0. The van der Waals surface area contributed by atoms with Gasteiger partial charge in [0.1, 0.15) is 11.9 Å². The van der Waals surface area contributed by atoms with Crippen molar-refractivity contribution in [3.05, 3.63) is 35.1 Å². The number of unbranched alkanes of at least 4 members (excludes halogenated alkanes) is 16. The second-order valence-electron chi connectivity index (χ2n) is 10.2. The summed E-state index contributed by atoms with van der Waals surface area (Å²) in [6.07, 6.45) is 16.3. The third-order valence-electron chi connectivity index (χ3n) is 6.73. The van der Waals surface area contributed by atoms with Gasteiger partial charge in [-0.1, -0.05) is 110 Å². The summed E-state index contributed by atoms with van der Waals surface area (Å²) in [7, 11) is 0. The van der Waals surface area contributed by atoms with E-state index in [1.54, 1.807) is 0 Å². The van der Waals surface area contributed by atoms with Crippen molar-refractivity contribution >= 4 is 11.9 Å². The third-order valence-corrected chi connectivity index (χ3v) is 6.73. The molecule has 0 saturated carbocycles. The zero-order chi connectivity index (χ0) is 28.2. The molecule has 8 heteroatoms. The molecule has 0 heterocycles. The van der Waals surface area contributed by atoms with Crippen LogP contribution in [0.2, 0.25) is 0 Å². The Labute approximate surface area is 226 Å². The van der Waals surface area contributed by atoms with Crippen molar-refractivity contribution in [2.45, 2.75) is 135 Å². The van der Waals surface area contributed by atoms with E-state index < -0.39 is 41.0 Å². The molecule has 1 amide bonds. The minimum absolute atomic E-state index is 0.196. The summed E-state index contributed by atoms with van der Waals surface area (Å²) in [5, 5.41) is 2.20. The zero-order valence-corrected chi connectivity index (χ0v) is 23.3. The van der Waals surface area contributed by atoms with Gasteiger partial charge in [0.2, 0.25) is 0 Å². The summed E-state index contributed by atoms with van der Waals surface area (Å²) in [6.45, 7) is 3.78. The first kappa shape index (κ1) is 33.9. The first-order chi connectivity index (χ1) is 18.2. The fraction of sp³-hybridized carbons (Fsp3) is 0.733. The van der Waals surface area contributed by atoms with Crippen LogP contribution < -0.4 is 5.32 Å². The Morgan fingerprint density at radius 1 is 0.789 bits per heavy atom. The molecule has 0 spiro atoms. The van der Waals surface area contributed by atoms with Crippen molar-refractivity contribution in [2.75, 3.05) is 6.61 Å². The van der Waals surface area contributed by atoms with Gasteiger partial charge in [0.15, 0.2) is 0 Å². The monoisotopic (exact) mass is 545 g/mol. The fourth-order valence-corrected chi connectivity index (χ4v) is 4.41. The summed E-state index contributed by atoms with van der Waals surface area (Å²) < 4.78 is 57.7. The highest BCUT2D eigenvalue weighted by Crippen LogP contribution is 2.32. The van der Waals surface area contributed by atoms with Gasteiger partial charge < -0.3 is 10.1 Å². The van der Waals surface area contributed by atoms with Crippen LogP contribution >= 0.6 is 0 Å². The van der Waals surface area contributed by atoms with E-state index in [-0.39, 0.29) is 12.7 Å². The molecule has 0 radical (unpaired) electrons. The van der Waals surface area contributed by atoms with Gasteiger partial charge in [0.05, 0.1) is 17.7 Å². The number of carbonyl (C=O) groups is 2. The Bertz CT molecular complexity index is 798. The molecule has 0 fully saturated rings. The van der Waals surface area contributed by atoms with E-state index >= 15 is 0 Å². The van der Waals surface area contributed by atoms with E-state index in [1.807, 2.05) is 0 Å². The average molecular weight is 546 g/mol. The highest BCUT2D eigenvalue weighted by molar-refractivity contribution is 5.98. The van der Waals surface area contributed by atoms with Gasteiger partial charge in [-0.2, -0.15) is 13.2 Å². The smallest absolute Gasteiger partial charge is 0.417 e. The molecule has 1 aromatic carbocycles. The van der Waals surface area contributed by atoms with Crippen molar-refractivity contribution in [3.63, 3.8) is 0 Å². The van der Waals surface area contributed by atoms with Gasteiger partial charge >= 0.3 is 12.1 Å². The fourth-order valence-electron chi connectivity index (χ4n) is 4.41. The van der Waals surface area contributed by atoms with Crippen molar-refractivity contribution < 1.29 is 31.9 Å². The minimum Gasteiger partial charge on any atom is -0.464 e. The normalized spacial score (nSPS) is 12.4. The number of halogens is 4. The van der Waals surface area contributed by atoms with Crippen LogP contribution in [0.3, 0.4) is 0 Å². The zero-order valence-electron chi connectivity index (χ0n) is 23.3. The van der Waals surface area contributed by atoms with E-state index in [4.69, 9.17) is 4.74 Å². The second-order valence-corrected chi connectivity index (χ2v) is 10.2. The topological polar surface area (TPSA) is 55.4 Å². The summed E-state index contributed by atoms with van der Waals surface area (Å²) in [6, 6.07) is 0.656. The number of benzene rings is 1. The standard InChI is InChI=1S/C30H47F4NO3/c1-3-4-5-6-7-8-9-10-11-12-13-14-15-16-17-18-19-22-38-29(37)24(2)35-28(36)26-21-20-25(31)23-27(26)30(32,33)34/h20-21,23-24H,3-19,22H2,1-2H3,(H,35,36). The lowest BCUT2D eigenvalue weighted by Crippen LogP contribution is -2.40. The molecule has 0 aliphatic carbocycles. The number of rotatable bonds is 21. The SMILES string of the molecule is CCCCCCCCCCCCCCCCCCCOC(=O)C(C)NC(=O)c1ccc(F)cc1C(F)(F)F. The molecule has 1 rings (SSSR count). The molecule has 1 aromatic rings. The van der Waals surface area contributed by atoms with Crippen LogP contribution in [-0.4, -0.2) is 24.5 Å². The molecule has 218 valence electrons. The van der Waals surface area contributed by atoms with E-state index in [2.05, 4.69) is 12.2 Å². The van der Waals surface area contributed by atoms with Crippen LogP contribution in [0.1, 0.15) is 139 Å². The lowest BCUT2D eigenvalue weighted by molar-refractivity contribution is -0.145. The van der Waals surface area contributed by atoms with Crippen molar-refractivity contribution in [1.82, 2.24) is 5.32 Å². The molecule has 1 unspecified atom stereocenters. The van der Waals surface area contributed by atoms with Gasteiger partial charge in [-0.05, 0) is 31.5 Å². The van der Waals surface area contributed by atoms with Crippen molar-refractivity contribution in [3.8, 4) is 0 Å². The van der Waals surface area contributed by atoms with E-state index in [0.717, 1.165) is 31.4 Å². The van der Waals surface area contributed by atoms with Crippen LogP contribution in [-0.2, 0) is 15.7 Å². The number of alkyl halides is 3. The van der Waals surface area contributed by atoms with E-state index in [0.29, 0.717) is 6.42 Å². The molecule has 1 N–H and O–H groups in total. The molecule has 0 bridgehead atoms. The maximum Gasteiger partial charge on any atom is 0.417 e. The van der Waals surface area contributed by atoms with E-state index in [1.165, 1.54) is 90.4 Å². The second kappa shape index (κ2) is 19.9. The van der Waals surface area contributed by atoms with Gasteiger partial charge in [0, 0.05) is 0 Å². The van der Waals surface area contributed by atoms with Crippen LogP contribution in [0.4, 0.5) is 17.6 Å². The first-order valence-electron chi connectivity index (χ1n) is 14.5. The summed E-state index contributed by atoms with van der Waals surface area (Å²) >= 11 is 0. The molecule has 4 nitrogen and oxygen atoms in total. The van der Waals surface area contributed by atoms with E-state index in [9.17, 15) is 27.2 Å². The number of hydrogen-bond donors (Lipinski definition) is 1. The van der Waals surface area contributed by atoms with Crippen LogP contribution in [0, 0.1) is 5.82 Å². The number of hydrogen-bond acceptors (Lipinski definition) is 3. The Balaban J connectivity index is 2.05. The predicted octanol–water partition coefficient (Wildman–Crippen LogP) is 9.16. The maximum atomic E-state index is 13.2. The Kier molecular flexibility index (Phi) is 17.7. The molecule has 0 aliphatic heterocycles. The molecule has 0 saturated heterocycles. The average Bonchev–Trinajstić information content (AvgIpc) is 2.87. The molecular formula is C30H47F4NO3. The number of nitrogens with one attached hydrogen (secondary N) is 1. The van der Waals surface area contributed by atoms with Gasteiger partial charge in [0.25, 0.3) is 5.91 Å². The lowest BCUT2D eigenvalue weighted by Gasteiger charge is -2.16. The highest BCUT2D eigenvalue weighted by Gasteiger charge is 2.36. The number of ether oxygens (including phenoxy) is 1. The summed E-state index contributed by atoms with van der Waals surface area (Å²) in [4.78, 5) is 24.3. The van der Waals surface area contributed by atoms with Crippen LogP contribution in [0.15, 0.2) is 18.2 Å². The van der Waals surface area contributed by atoms with Gasteiger partial charge in [-0.25, -0.2) is 9.18 Å². The highest BCUT2D eigenvalue weighted by atomic mass is 19.4. The van der Waals surface area contributed by atoms with Crippen molar-refractivity contribution in [2.24, 2.45) is 0 Å². The molecule has 38 heavy (non-hydrogen) atoms. The number of esters is 1. The number of amides is 1. The number of carbonyl (C=O) groups excluding carboxylic acids is 2. The first-order valence-corrected chi connectivity index (χ1v) is 14.5. The Hall–Kier alpha value is -2.12. The molecule has 1 atom stereocenters. The minimum atomic E-state index is -4.90. The summed E-state index contributed by atoms with van der Waals surface area (Å²) in [5.41, 5.74) is -2.13. The van der Waals surface area contributed by atoms with Gasteiger partial charge in [-0.3, -0.25) is 4.79 Å².